The van der Waals surface area contributed by atoms with Crippen LogP contribution in [0.25, 0.3) is 0 Å². The van der Waals surface area contributed by atoms with Gasteiger partial charge in [-0.2, -0.15) is 0 Å². The first kappa shape index (κ1) is 9.90. The van der Waals surface area contributed by atoms with E-state index in [1.807, 2.05) is 13.0 Å². The zero-order valence-corrected chi connectivity index (χ0v) is 8.17. The molecule has 2 N–H and O–H groups in total. The van der Waals surface area contributed by atoms with E-state index in [9.17, 15) is 10.2 Å². The predicted molar refractivity (Wildman–Crippen MR) is 53.1 cm³/mol. The summed E-state index contributed by atoms with van der Waals surface area (Å²) in [6.07, 6.45) is 2.96. The average Bonchev–Trinajstić information content (AvgIpc) is 2.09. The van der Waals surface area contributed by atoms with E-state index < -0.39 is 0 Å². The zero-order chi connectivity index (χ0) is 9.84. The topological polar surface area (TPSA) is 40.5 Å². The van der Waals surface area contributed by atoms with E-state index >= 15 is 0 Å². The number of aryl methyl sites for hydroxylation is 2. The predicted octanol–water partition coefficient (Wildman–Crippen LogP) is 2.75. The second-order valence-corrected chi connectivity index (χ2v) is 3.40. The molecule has 0 heterocycles. The average molecular weight is 180 g/mol. The fourth-order valence-electron chi connectivity index (χ4n) is 1.39. The molecule has 0 radical (unpaired) electrons. The molecule has 2 heteroatoms. The van der Waals surface area contributed by atoms with Crippen LogP contribution in [-0.4, -0.2) is 10.2 Å². The summed E-state index contributed by atoms with van der Waals surface area (Å²) < 4.78 is 0. The third kappa shape index (κ3) is 2.38. The third-order valence-electron chi connectivity index (χ3n) is 2.11. The maximum absolute atomic E-state index is 9.50. The highest BCUT2D eigenvalue weighted by Gasteiger charge is 2.06. The highest BCUT2D eigenvalue weighted by molar-refractivity contribution is 5.47. The smallest absolute Gasteiger partial charge is 0.160 e. The molecule has 0 aliphatic rings. The van der Waals surface area contributed by atoms with Gasteiger partial charge in [0.15, 0.2) is 11.5 Å². The van der Waals surface area contributed by atoms with Gasteiger partial charge in [-0.25, -0.2) is 0 Å². The van der Waals surface area contributed by atoms with E-state index in [0.717, 1.165) is 30.4 Å². The number of hydrogen-bond donors (Lipinski definition) is 2. The number of benzene rings is 1. The minimum atomic E-state index is -0.00824. The molecule has 0 amide bonds. The molecule has 1 rings (SSSR count). The first-order chi connectivity index (χ1) is 6.15. The van der Waals surface area contributed by atoms with Gasteiger partial charge in [0.05, 0.1) is 0 Å². The minimum Gasteiger partial charge on any atom is -0.504 e. The van der Waals surface area contributed by atoms with E-state index in [4.69, 9.17) is 0 Å². The Hall–Kier alpha value is -1.18. The van der Waals surface area contributed by atoms with Crippen molar-refractivity contribution in [2.24, 2.45) is 0 Å². The molecule has 0 atom stereocenters. The lowest BCUT2D eigenvalue weighted by atomic mass is 10.0. The van der Waals surface area contributed by atoms with Crippen molar-refractivity contribution in [2.45, 2.75) is 33.1 Å². The van der Waals surface area contributed by atoms with E-state index in [1.54, 1.807) is 6.07 Å². The van der Waals surface area contributed by atoms with Crippen molar-refractivity contribution in [2.75, 3.05) is 0 Å². The maximum atomic E-state index is 9.50. The Labute approximate surface area is 78.8 Å². The van der Waals surface area contributed by atoms with Crippen molar-refractivity contribution in [3.05, 3.63) is 23.3 Å². The van der Waals surface area contributed by atoms with Crippen LogP contribution in [0.15, 0.2) is 12.1 Å². The van der Waals surface area contributed by atoms with Crippen LogP contribution in [0.4, 0.5) is 0 Å². The lowest BCUT2D eigenvalue weighted by Gasteiger charge is -2.06. The van der Waals surface area contributed by atoms with Crippen LogP contribution < -0.4 is 0 Å². The van der Waals surface area contributed by atoms with Gasteiger partial charge < -0.3 is 10.2 Å². The van der Waals surface area contributed by atoms with Crippen molar-refractivity contribution >= 4 is 0 Å². The monoisotopic (exact) mass is 180 g/mol. The Kier molecular flexibility index (Phi) is 3.18. The van der Waals surface area contributed by atoms with Crippen LogP contribution in [0.5, 0.6) is 11.5 Å². The number of phenolic OH excluding ortho intramolecular Hbond substituents is 2. The van der Waals surface area contributed by atoms with Gasteiger partial charge in [-0.3, -0.25) is 0 Å². The van der Waals surface area contributed by atoms with E-state index in [-0.39, 0.29) is 11.5 Å². The molecule has 72 valence electrons. The molecule has 13 heavy (non-hydrogen) atoms. The molecule has 0 bridgehead atoms. The Morgan fingerprint density at radius 2 is 1.92 bits per heavy atom. The van der Waals surface area contributed by atoms with Crippen molar-refractivity contribution in [3.8, 4) is 11.5 Å². The third-order valence-corrected chi connectivity index (χ3v) is 2.11. The van der Waals surface area contributed by atoms with Crippen LogP contribution in [0.1, 0.15) is 30.9 Å². The summed E-state index contributed by atoms with van der Waals surface area (Å²) in [5, 5.41) is 18.8. The highest BCUT2D eigenvalue weighted by Crippen LogP contribution is 2.31. The largest absolute Gasteiger partial charge is 0.504 e. The minimum absolute atomic E-state index is 0.00824. The number of aromatic hydroxyl groups is 2. The summed E-state index contributed by atoms with van der Waals surface area (Å²) in [7, 11) is 0. The molecule has 0 aliphatic carbocycles. The first-order valence-corrected chi connectivity index (χ1v) is 4.66. The molecule has 1 aromatic carbocycles. The second kappa shape index (κ2) is 4.17. The van der Waals surface area contributed by atoms with Gasteiger partial charge in [-0.1, -0.05) is 19.4 Å². The SMILES string of the molecule is CCCCc1cc(C)cc(O)c1O. The molecule has 0 saturated heterocycles. The fraction of sp³-hybridized carbons (Fsp3) is 0.455. The molecule has 0 spiro atoms. The van der Waals surface area contributed by atoms with Gasteiger partial charge >= 0.3 is 0 Å². The van der Waals surface area contributed by atoms with E-state index in [0.29, 0.717) is 0 Å². The van der Waals surface area contributed by atoms with Gasteiger partial charge in [0.25, 0.3) is 0 Å². The summed E-state index contributed by atoms with van der Waals surface area (Å²) >= 11 is 0. The molecule has 0 fully saturated rings. The summed E-state index contributed by atoms with van der Waals surface area (Å²) in [6, 6.07) is 3.50. The van der Waals surface area contributed by atoms with Crippen molar-refractivity contribution in [3.63, 3.8) is 0 Å². The zero-order valence-electron chi connectivity index (χ0n) is 8.17. The highest BCUT2D eigenvalue weighted by atomic mass is 16.3. The molecular formula is C11H16O2. The number of phenols is 2. The Morgan fingerprint density at radius 1 is 1.23 bits per heavy atom. The first-order valence-electron chi connectivity index (χ1n) is 4.66. The van der Waals surface area contributed by atoms with Crippen LogP contribution in [0.2, 0.25) is 0 Å². The lowest BCUT2D eigenvalue weighted by Crippen LogP contribution is -1.87. The summed E-state index contributed by atoms with van der Waals surface area (Å²) in [6.45, 7) is 4.02. The molecule has 0 saturated carbocycles. The maximum Gasteiger partial charge on any atom is 0.160 e. The summed E-state index contributed by atoms with van der Waals surface area (Å²) in [5.74, 6) is 0.0325. The Bertz CT molecular complexity index is 292. The van der Waals surface area contributed by atoms with E-state index in [1.165, 1.54) is 0 Å². The number of rotatable bonds is 3. The summed E-state index contributed by atoms with van der Waals surface area (Å²) in [4.78, 5) is 0. The summed E-state index contributed by atoms with van der Waals surface area (Å²) in [5.41, 5.74) is 1.83. The number of hydrogen-bond acceptors (Lipinski definition) is 2. The normalized spacial score (nSPS) is 10.3. The van der Waals surface area contributed by atoms with Gasteiger partial charge in [-0.05, 0) is 37.0 Å². The Balaban J connectivity index is 2.92. The van der Waals surface area contributed by atoms with Crippen LogP contribution in [0.3, 0.4) is 0 Å². The quantitative estimate of drug-likeness (QED) is 0.702. The van der Waals surface area contributed by atoms with Gasteiger partial charge in [0.2, 0.25) is 0 Å². The molecule has 0 aliphatic heterocycles. The molecular weight excluding hydrogens is 164 g/mol. The van der Waals surface area contributed by atoms with Crippen molar-refractivity contribution < 1.29 is 10.2 Å². The van der Waals surface area contributed by atoms with Crippen LogP contribution in [0, 0.1) is 6.92 Å². The van der Waals surface area contributed by atoms with Gasteiger partial charge in [-0.15, -0.1) is 0 Å². The standard InChI is InChI=1S/C11H16O2/c1-3-4-5-9-6-8(2)7-10(12)11(9)13/h6-7,12-13H,3-5H2,1-2H3. The second-order valence-electron chi connectivity index (χ2n) is 3.40. The van der Waals surface area contributed by atoms with Gasteiger partial charge in [0, 0.05) is 0 Å². The van der Waals surface area contributed by atoms with Crippen molar-refractivity contribution in [1.29, 1.82) is 0 Å². The van der Waals surface area contributed by atoms with Gasteiger partial charge in [0.1, 0.15) is 0 Å². The van der Waals surface area contributed by atoms with E-state index in [2.05, 4.69) is 6.92 Å². The molecule has 0 aromatic heterocycles. The Morgan fingerprint density at radius 3 is 2.54 bits per heavy atom. The number of unbranched alkanes of at least 4 members (excludes halogenated alkanes) is 1. The van der Waals surface area contributed by atoms with Crippen molar-refractivity contribution in [1.82, 2.24) is 0 Å². The molecule has 0 unspecified atom stereocenters. The van der Waals surface area contributed by atoms with Crippen LogP contribution in [-0.2, 0) is 6.42 Å². The lowest BCUT2D eigenvalue weighted by molar-refractivity contribution is 0.398. The van der Waals surface area contributed by atoms with Crippen LogP contribution >= 0.6 is 0 Å². The molecule has 2 nitrogen and oxygen atoms in total. The molecule has 1 aromatic rings. The fourth-order valence-corrected chi connectivity index (χ4v) is 1.39.